The molecule has 21 heavy (non-hydrogen) atoms. The lowest BCUT2D eigenvalue weighted by Gasteiger charge is -2.16. The zero-order valence-corrected chi connectivity index (χ0v) is 15.5. The summed E-state index contributed by atoms with van der Waals surface area (Å²) >= 11 is 0. The summed E-state index contributed by atoms with van der Waals surface area (Å²) in [5.41, 5.74) is 11.1. The molecule has 3 rings (SSSR count). The molecule has 0 nitrogen and oxygen atoms in total. The van der Waals surface area contributed by atoms with Crippen LogP contribution in [0, 0.1) is 0 Å². The topological polar surface area (TPSA) is 0 Å². The van der Waals surface area contributed by atoms with Crippen LogP contribution in [0.3, 0.4) is 0 Å². The summed E-state index contributed by atoms with van der Waals surface area (Å²) in [6, 6.07) is 13.7. The Balaban J connectivity index is 2.24. The van der Waals surface area contributed by atoms with E-state index in [1.807, 2.05) is 0 Å². The molecule has 0 radical (unpaired) electrons. The minimum absolute atomic E-state index is 0.694. The molecule has 0 N–H and O–H groups in total. The fourth-order valence-corrected chi connectivity index (χ4v) is 4.26. The number of fused-ring (bicyclic) bond motifs is 1. The van der Waals surface area contributed by atoms with Crippen LogP contribution in [-0.2, 0) is 12.8 Å². The number of benzene rings is 2. The van der Waals surface area contributed by atoms with Crippen LogP contribution in [0.2, 0.25) is 0 Å². The molecule has 1 unspecified atom stereocenters. The van der Waals surface area contributed by atoms with E-state index in [4.69, 9.17) is 0 Å². The van der Waals surface area contributed by atoms with E-state index in [9.17, 15) is 0 Å². The normalized spacial score (nSPS) is 16.9. The predicted molar refractivity (Wildman–Crippen MR) is 97.0 cm³/mol. The molecule has 0 aromatic heterocycles. The van der Waals surface area contributed by atoms with Crippen molar-refractivity contribution in [2.24, 2.45) is 0 Å². The SMILES string of the molecule is CCc1cccc(-c2cccc3c2C=C(C)C3[SiH3])c1CC. The molecule has 1 aliphatic rings. The smallest absolute Gasteiger partial charge is 0.0174 e. The molecule has 0 fully saturated rings. The van der Waals surface area contributed by atoms with E-state index in [1.165, 1.54) is 43.6 Å². The molecule has 0 saturated carbocycles. The molecule has 0 bridgehead atoms. The Morgan fingerprint density at radius 1 is 0.952 bits per heavy atom. The van der Waals surface area contributed by atoms with Crippen LogP contribution in [0.25, 0.3) is 17.2 Å². The molecule has 0 saturated heterocycles. The lowest BCUT2D eigenvalue weighted by molar-refractivity contribution is 1.04. The number of rotatable bonds is 3. The first-order valence-corrected chi connectivity index (χ1v) is 9.25. The predicted octanol–water partition coefficient (Wildman–Crippen LogP) is 4.30. The van der Waals surface area contributed by atoms with Gasteiger partial charge in [-0.2, -0.15) is 0 Å². The lowest BCUT2D eigenvalue weighted by atomic mass is 9.89. The van der Waals surface area contributed by atoms with Crippen LogP contribution in [0.15, 0.2) is 42.0 Å². The van der Waals surface area contributed by atoms with E-state index < -0.39 is 0 Å². The fourth-order valence-electron chi connectivity index (χ4n) is 3.59. The Morgan fingerprint density at radius 2 is 1.67 bits per heavy atom. The third kappa shape index (κ3) is 2.30. The van der Waals surface area contributed by atoms with Gasteiger partial charge in [0.2, 0.25) is 0 Å². The summed E-state index contributed by atoms with van der Waals surface area (Å²) < 4.78 is 0. The van der Waals surface area contributed by atoms with Crippen molar-refractivity contribution in [1.82, 2.24) is 0 Å². The highest BCUT2D eigenvalue weighted by Gasteiger charge is 2.21. The first-order chi connectivity index (χ1) is 10.2. The summed E-state index contributed by atoms with van der Waals surface area (Å²) in [5, 5.41) is 0. The van der Waals surface area contributed by atoms with Gasteiger partial charge in [-0.15, -0.1) is 0 Å². The van der Waals surface area contributed by atoms with Crippen molar-refractivity contribution in [3.8, 4) is 11.1 Å². The van der Waals surface area contributed by atoms with Gasteiger partial charge in [0.25, 0.3) is 0 Å². The number of allylic oxidation sites excluding steroid dienone is 1. The molecule has 0 amide bonds. The van der Waals surface area contributed by atoms with Crippen LogP contribution in [0.5, 0.6) is 0 Å². The fraction of sp³-hybridized carbons (Fsp3) is 0.300. The van der Waals surface area contributed by atoms with Crippen LogP contribution < -0.4 is 0 Å². The van der Waals surface area contributed by atoms with E-state index in [2.05, 4.69) is 63.2 Å². The molecule has 1 aliphatic carbocycles. The van der Waals surface area contributed by atoms with Crippen LogP contribution in [0.1, 0.15) is 48.6 Å². The summed E-state index contributed by atoms with van der Waals surface area (Å²) in [7, 11) is 1.20. The van der Waals surface area contributed by atoms with Gasteiger partial charge in [-0.1, -0.05) is 61.9 Å². The minimum Gasteiger partial charge on any atom is -0.0689 e. The van der Waals surface area contributed by atoms with Gasteiger partial charge < -0.3 is 0 Å². The second kappa shape index (κ2) is 5.65. The Morgan fingerprint density at radius 3 is 2.38 bits per heavy atom. The van der Waals surface area contributed by atoms with Crippen LogP contribution in [-0.4, -0.2) is 10.2 Å². The van der Waals surface area contributed by atoms with Crippen molar-refractivity contribution < 1.29 is 0 Å². The molecule has 1 heteroatoms. The molecular weight excluding hydrogens is 268 g/mol. The number of hydrogen-bond donors (Lipinski definition) is 0. The third-order valence-corrected chi connectivity index (χ3v) is 6.49. The van der Waals surface area contributed by atoms with Gasteiger partial charge in [-0.25, -0.2) is 0 Å². The third-order valence-electron chi connectivity index (χ3n) is 4.96. The second-order valence-electron chi connectivity index (χ2n) is 6.07. The van der Waals surface area contributed by atoms with Crippen molar-refractivity contribution in [1.29, 1.82) is 0 Å². The van der Waals surface area contributed by atoms with Gasteiger partial charge >= 0.3 is 0 Å². The highest BCUT2D eigenvalue weighted by molar-refractivity contribution is 6.16. The monoisotopic (exact) mass is 292 g/mol. The van der Waals surface area contributed by atoms with Crippen molar-refractivity contribution >= 4 is 16.3 Å². The Labute approximate surface area is 131 Å². The first-order valence-electron chi connectivity index (χ1n) is 8.09. The maximum Gasteiger partial charge on any atom is 0.0174 e. The van der Waals surface area contributed by atoms with Gasteiger partial charge in [0.15, 0.2) is 0 Å². The molecule has 2 aromatic carbocycles. The summed E-state index contributed by atoms with van der Waals surface area (Å²) in [6.07, 6.45) is 4.64. The van der Waals surface area contributed by atoms with Gasteiger partial charge in [-0.3, -0.25) is 0 Å². The van der Waals surface area contributed by atoms with Crippen molar-refractivity contribution in [3.63, 3.8) is 0 Å². The summed E-state index contributed by atoms with van der Waals surface area (Å²) in [4.78, 5) is 0. The van der Waals surface area contributed by atoms with Crippen LogP contribution in [0.4, 0.5) is 0 Å². The van der Waals surface area contributed by atoms with E-state index >= 15 is 0 Å². The van der Waals surface area contributed by atoms with Crippen LogP contribution >= 0.6 is 0 Å². The highest BCUT2D eigenvalue weighted by Crippen LogP contribution is 2.40. The molecule has 0 aliphatic heterocycles. The van der Waals surface area contributed by atoms with Gasteiger partial charge in [0.05, 0.1) is 0 Å². The average molecular weight is 292 g/mol. The second-order valence-corrected chi connectivity index (χ2v) is 7.22. The van der Waals surface area contributed by atoms with Crippen molar-refractivity contribution in [2.75, 3.05) is 0 Å². The zero-order valence-electron chi connectivity index (χ0n) is 13.5. The Bertz CT molecular complexity index is 710. The quantitative estimate of drug-likeness (QED) is 0.740. The molecular formula is C20H24Si. The maximum atomic E-state index is 2.42. The minimum atomic E-state index is 0.694. The Hall–Kier alpha value is -1.60. The standard InChI is InChI=1S/C20H24Si/c1-4-14-8-6-9-16(15(14)5-2)17-10-7-11-18-19(17)12-13(3)20(18)21/h6-12,20H,4-5H2,1-3,21H3. The zero-order chi connectivity index (χ0) is 15.0. The first kappa shape index (κ1) is 14.3. The molecule has 108 valence electrons. The van der Waals surface area contributed by atoms with Crippen molar-refractivity contribution in [2.45, 2.75) is 39.2 Å². The molecule has 0 spiro atoms. The van der Waals surface area contributed by atoms with E-state index in [-0.39, 0.29) is 0 Å². The van der Waals surface area contributed by atoms with E-state index in [0.717, 1.165) is 12.8 Å². The number of aryl methyl sites for hydroxylation is 1. The number of hydrogen-bond acceptors (Lipinski definition) is 0. The summed E-state index contributed by atoms with van der Waals surface area (Å²) in [6.45, 7) is 6.81. The Kier molecular flexibility index (Phi) is 3.86. The summed E-state index contributed by atoms with van der Waals surface area (Å²) in [5.74, 6) is 0. The van der Waals surface area contributed by atoms with E-state index in [0.29, 0.717) is 5.54 Å². The average Bonchev–Trinajstić information content (AvgIpc) is 2.81. The largest absolute Gasteiger partial charge is 0.0689 e. The van der Waals surface area contributed by atoms with Gasteiger partial charge in [-0.05, 0) is 58.7 Å². The van der Waals surface area contributed by atoms with Crippen molar-refractivity contribution in [3.05, 3.63) is 64.2 Å². The van der Waals surface area contributed by atoms with Gasteiger partial charge in [0, 0.05) is 10.2 Å². The lowest BCUT2D eigenvalue weighted by Crippen LogP contribution is -1.98. The van der Waals surface area contributed by atoms with Gasteiger partial charge in [0.1, 0.15) is 0 Å². The van der Waals surface area contributed by atoms with E-state index in [1.54, 1.807) is 5.56 Å². The molecule has 0 heterocycles. The highest BCUT2D eigenvalue weighted by atomic mass is 28.1. The molecule has 2 aromatic rings. The maximum absolute atomic E-state index is 2.42. The molecule has 1 atom stereocenters.